The van der Waals surface area contributed by atoms with Crippen LogP contribution in [-0.4, -0.2) is 10.9 Å². The van der Waals surface area contributed by atoms with Crippen molar-refractivity contribution in [3.63, 3.8) is 0 Å². The van der Waals surface area contributed by atoms with E-state index in [2.05, 4.69) is 5.16 Å². The average Bonchev–Trinajstić information content (AvgIpc) is 1.72. The third kappa shape index (κ3) is 3.38. The third-order valence-electron chi connectivity index (χ3n) is 0.312. The van der Waals surface area contributed by atoms with Crippen LogP contribution in [0.5, 0.6) is 0 Å². The summed E-state index contributed by atoms with van der Waals surface area (Å²) < 4.78 is 0. The first-order chi connectivity index (χ1) is 3.35. The second kappa shape index (κ2) is 6.19. The van der Waals surface area contributed by atoms with Crippen molar-refractivity contribution in [1.82, 2.24) is 0 Å². The Morgan fingerprint density at radius 3 is 1.75 bits per heavy atom. The molecule has 0 bridgehead atoms. The zero-order chi connectivity index (χ0) is 5.70. The van der Waals surface area contributed by atoms with Crippen molar-refractivity contribution >= 4 is 5.71 Å². The summed E-state index contributed by atoms with van der Waals surface area (Å²) >= 11 is 0. The predicted octanol–water partition coefficient (Wildman–Crippen LogP) is -0.139. The molecule has 8 heavy (non-hydrogen) atoms. The summed E-state index contributed by atoms with van der Waals surface area (Å²) in [5.74, 6) is 0. The molecule has 0 unspecified atom stereocenters. The van der Waals surface area contributed by atoms with Gasteiger partial charge in [0.05, 0.1) is 0 Å². The minimum atomic E-state index is -0.528. The van der Waals surface area contributed by atoms with Gasteiger partial charge in [0.1, 0.15) is 12.1 Å². The van der Waals surface area contributed by atoms with E-state index in [1.54, 1.807) is 0 Å². The molecule has 0 fully saturated rings. The molecule has 0 aliphatic rings. The van der Waals surface area contributed by atoms with Crippen LogP contribution in [-0.2, 0) is 22.4 Å². The first-order valence-corrected chi connectivity index (χ1v) is 1.37. The summed E-state index contributed by atoms with van der Waals surface area (Å²) in [7, 11) is 0. The second-order valence-electron chi connectivity index (χ2n) is 0.672. The van der Waals surface area contributed by atoms with E-state index in [-0.39, 0.29) is 22.4 Å². The fraction of sp³-hybridized carbons (Fsp3) is 0. The largest absolute Gasteiger partial charge is 0.409 e. The van der Waals surface area contributed by atoms with E-state index in [0.717, 1.165) is 0 Å². The summed E-state index contributed by atoms with van der Waals surface area (Å²) in [5, 5.41) is 25.5. The van der Waals surface area contributed by atoms with Crippen LogP contribution >= 0.6 is 0 Å². The van der Waals surface area contributed by atoms with Gasteiger partial charge in [-0.3, -0.25) is 0 Å². The number of nitriles is 2. The van der Waals surface area contributed by atoms with Crippen LogP contribution in [0.3, 0.4) is 0 Å². The van der Waals surface area contributed by atoms with Crippen LogP contribution in [0, 0.1) is 22.7 Å². The van der Waals surface area contributed by atoms with E-state index in [0.29, 0.717) is 0 Å². The number of oxime groups is 1. The Bertz CT molecular complexity index is 146. The van der Waals surface area contributed by atoms with Gasteiger partial charge in [-0.1, -0.05) is 5.16 Å². The Kier molecular flexibility index (Phi) is 7.91. The molecule has 5 heteroatoms. The zero-order valence-electron chi connectivity index (χ0n) is 3.59. The maximum absolute atomic E-state index is 7.76. The van der Waals surface area contributed by atoms with E-state index < -0.39 is 5.71 Å². The molecular formula is C3HAgN3O. The molecule has 0 aliphatic heterocycles. The molecule has 0 aromatic carbocycles. The molecule has 4 nitrogen and oxygen atoms in total. The molecule has 0 aromatic heterocycles. The van der Waals surface area contributed by atoms with Gasteiger partial charge in [-0.05, 0) is 0 Å². The van der Waals surface area contributed by atoms with Crippen molar-refractivity contribution in [2.75, 3.05) is 0 Å². The van der Waals surface area contributed by atoms with Gasteiger partial charge >= 0.3 is 0 Å². The molecular weight excluding hydrogens is 202 g/mol. The van der Waals surface area contributed by atoms with Crippen molar-refractivity contribution in [2.45, 2.75) is 0 Å². The first kappa shape index (κ1) is 10.2. The molecule has 45 valence electrons. The minimum absolute atomic E-state index is 0. The fourth-order valence-electron chi connectivity index (χ4n) is 0.0697. The Labute approximate surface area is 61.5 Å². The standard InChI is InChI=1S/C3HN3O.Ag/c4-1-3(2-5)6-7;/h7H;. The molecule has 0 aliphatic carbocycles. The Morgan fingerprint density at radius 2 is 1.75 bits per heavy atom. The Hall–Kier alpha value is -0.810. The molecule has 1 radical (unpaired) electrons. The summed E-state index contributed by atoms with van der Waals surface area (Å²) in [5.41, 5.74) is -0.528. The molecule has 0 aromatic rings. The van der Waals surface area contributed by atoms with Crippen molar-refractivity contribution in [2.24, 2.45) is 5.16 Å². The molecule has 0 atom stereocenters. The topological polar surface area (TPSA) is 80.2 Å². The van der Waals surface area contributed by atoms with Crippen LogP contribution in [0.25, 0.3) is 0 Å². The molecule has 0 spiro atoms. The maximum Gasteiger partial charge on any atom is 0.255 e. The van der Waals surface area contributed by atoms with Gasteiger partial charge < -0.3 is 5.21 Å². The van der Waals surface area contributed by atoms with E-state index in [1.165, 1.54) is 12.1 Å². The summed E-state index contributed by atoms with van der Waals surface area (Å²) in [6.45, 7) is 0. The van der Waals surface area contributed by atoms with E-state index >= 15 is 0 Å². The van der Waals surface area contributed by atoms with Crippen LogP contribution in [0.1, 0.15) is 0 Å². The smallest absolute Gasteiger partial charge is 0.255 e. The summed E-state index contributed by atoms with van der Waals surface area (Å²) in [6, 6.07) is 2.68. The van der Waals surface area contributed by atoms with Crippen LogP contribution in [0.2, 0.25) is 0 Å². The maximum atomic E-state index is 7.76. The van der Waals surface area contributed by atoms with Gasteiger partial charge in [-0.15, -0.1) is 0 Å². The van der Waals surface area contributed by atoms with Crippen LogP contribution in [0.15, 0.2) is 5.16 Å². The average molecular weight is 203 g/mol. The number of hydrogen-bond acceptors (Lipinski definition) is 4. The second-order valence-corrected chi connectivity index (χ2v) is 0.672. The van der Waals surface area contributed by atoms with Gasteiger partial charge in [0, 0.05) is 22.4 Å². The monoisotopic (exact) mass is 202 g/mol. The normalized spacial score (nSPS) is 4.75. The molecule has 0 rings (SSSR count). The van der Waals surface area contributed by atoms with E-state index in [4.69, 9.17) is 15.7 Å². The van der Waals surface area contributed by atoms with Crippen LogP contribution < -0.4 is 0 Å². The van der Waals surface area contributed by atoms with Gasteiger partial charge in [-0.25, -0.2) is 0 Å². The Balaban J connectivity index is 0. The summed E-state index contributed by atoms with van der Waals surface area (Å²) in [6.07, 6.45) is 0. The van der Waals surface area contributed by atoms with Crippen molar-refractivity contribution in [1.29, 1.82) is 10.5 Å². The number of rotatable bonds is 0. The molecule has 0 saturated carbocycles. The Morgan fingerprint density at radius 1 is 1.38 bits per heavy atom. The van der Waals surface area contributed by atoms with Gasteiger partial charge in [0.15, 0.2) is 0 Å². The first-order valence-electron chi connectivity index (χ1n) is 1.37. The predicted molar refractivity (Wildman–Crippen MR) is 20.4 cm³/mol. The molecule has 1 N–H and O–H groups in total. The van der Waals surface area contributed by atoms with Crippen LogP contribution in [0.4, 0.5) is 0 Å². The summed E-state index contributed by atoms with van der Waals surface area (Å²) in [4.78, 5) is 0. The number of nitrogens with zero attached hydrogens (tertiary/aromatic N) is 3. The van der Waals surface area contributed by atoms with E-state index in [1.807, 2.05) is 0 Å². The van der Waals surface area contributed by atoms with Gasteiger partial charge in [-0.2, -0.15) is 10.5 Å². The fourth-order valence-corrected chi connectivity index (χ4v) is 0.0697. The van der Waals surface area contributed by atoms with Gasteiger partial charge in [0.25, 0.3) is 5.71 Å². The SMILES string of the molecule is N#CC(C#N)=NO.[Ag]. The van der Waals surface area contributed by atoms with Crippen molar-refractivity contribution < 1.29 is 27.6 Å². The molecule has 0 heterocycles. The van der Waals surface area contributed by atoms with Gasteiger partial charge in [0.2, 0.25) is 0 Å². The zero-order valence-corrected chi connectivity index (χ0v) is 5.07. The quantitative estimate of drug-likeness (QED) is 0.257. The van der Waals surface area contributed by atoms with E-state index in [9.17, 15) is 0 Å². The molecule has 0 amide bonds. The van der Waals surface area contributed by atoms with Crippen molar-refractivity contribution in [3.8, 4) is 12.1 Å². The third-order valence-corrected chi connectivity index (χ3v) is 0.312. The molecule has 0 saturated heterocycles. The minimum Gasteiger partial charge on any atom is -0.409 e. The van der Waals surface area contributed by atoms with Crippen molar-refractivity contribution in [3.05, 3.63) is 0 Å². The number of hydrogen-bond donors (Lipinski definition) is 1.